The molecular weight excluding hydrogens is 469 g/mol. The van der Waals surface area contributed by atoms with Crippen molar-refractivity contribution in [2.45, 2.75) is 39.0 Å². The zero-order valence-electron chi connectivity index (χ0n) is 18.8. The first-order valence-corrected chi connectivity index (χ1v) is 11.4. The van der Waals surface area contributed by atoms with E-state index in [4.69, 9.17) is 11.6 Å². The van der Waals surface area contributed by atoms with Gasteiger partial charge in [0.2, 0.25) is 0 Å². The summed E-state index contributed by atoms with van der Waals surface area (Å²) in [5, 5.41) is 22.2. The van der Waals surface area contributed by atoms with Gasteiger partial charge in [-0.3, -0.25) is 5.10 Å². The van der Waals surface area contributed by atoms with Crippen LogP contribution in [0.2, 0.25) is 5.02 Å². The molecule has 0 aliphatic carbocycles. The molecule has 1 aliphatic rings. The van der Waals surface area contributed by atoms with Gasteiger partial charge in [0.25, 0.3) is 0 Å². The smallest absolute Gasteiger partial charge is 0.388 e. The predicted molar refractivity (Wildman–Crippen MR) is 125 cm³/mol. The van der Waals surface area contributed by atoms with Crippen molar-refractivity contribution in [3.8, 4) is 0 Å². The van der Waals surface area contributed by atoms with E-state index in [1.807, 2.05) is 13.8 Å². The molecule has 182 valence electrons. The Morgan fingerprint density at radius 3 is 2.62 bits per heavy atom. The Morgan fingerprint density at radius 1 is 1.24 bits per heavy atom. The van der Waals surface area contributed by atoms with E-state index in [1.165, 1.54) is 12.1 Å². The van der Waals surface area contributed by atoms with Crippen LogP contribution in [0.3, 0.4) is 0 Å². The average Bonchev–Trinajstić information content (AvgIpc) is 3.26. The monoisotopic (exact) mass is 494 g/mol. The minimum Gasteiger partial charge on any atom is -0.388 e. The molecule has 1 fully saturated rings. The molecule has 2 amide bonds. The van der Waals surface area contributed by atoms with E-state index >= 15 is 0 Å². The number of nitrogens with one attached hydrogen (secondary N) is 2. The number of likely N-dealkylation sites (tertiary alicyclic amines) is 1. The standard InChI is InChI=1S/C24H26ClF3N4O2/c1-23(2,21(33)19-12-17(25)10-14-13-29-31-20(14)19)15-6-8-32(9-7-15)22(34)30-18-5-3-4-16(11-18)24(26,27)28/h3-5,10-13,15,21,33H,6-9H2,1-2H3,(H,29,31)(H,30,34). The Morgan fingerprint density at radius 2 is 1.94 bits per heavy atom. The first-order valence-electron chi connectivity index (χ1n) is 11.0. The lowest BCUT2D eigenvalue weighted by Crippen LogP contribution is -2.45. The molecule has 0 saturated carbocycles. The molecule has 1 aliphatic heterocycles. The fraction of sp³-hybridized carbons (Fsp3) is 0.417. The number of aliphatic hydroxyl groups excluding tert-OH is 1. The van der Waals surface area contributed by atoms with Gasteiger partial charge in [-0.1, -0.05) is 31.5 Å². The minimum atomic E-state index is -4.48. The molecule has 1 unspecified atom stereocenters. The number of rotatable bonds is 4. The first-order chi connectivity index (χ1) is 16.0. The van der Waals surface area contributed by atoms with Crippen LogP contribution >= 0.6 is 11.6 Å². The summed E-state index contributed by atoms with van der Waals surface area (Å²) >= 11 is 6.25. The second kappa shape index (κ2) is 9.11. The fourth-order valence-corrected chi connectivity index (χ4v) is 4.92. The van der Waals surface area contributed by atoms with Gasteiger partial charge >= 0.3 is 12.2 Å². The number of benzene rings is 2. The highest BCUT2D eigenvalue weighted by Gasteiger charge is 2.40. The van der Waals surface area contributed by atoms with Crippen molar-refractivity contribution in [1.29, 1.82) is 0 Å². The Labute approximate surface area is 200 Å². The van der Waals surface area contributed by atoms with Crippen LogP contribution < -0.4 is 5.32 Å². The number of anilines is 1. The fourth-order valence-electron chi connectivity index (χ4n) is 4.69. The molecule has 4 rings (SSSR count). The molecular formula is C24H26ClF3N4O2. The molecule has 2 heterocycles. The zero-order chi connectivity index (χ0) is 24.7. The molecule has 2 aromatic carbocycles. The summed E-state index contributed by atoms with van der Waals surface area (Å²) in [5.74, 6) is 0.108. The third-order valence-corrected chi connectivity index (χ3v) is 7.04. The third-order valence-electron chi connectivity index (χ3n) is 6.82. The number of urea groups is 1. The van der Waals surface area contributed by atoms with Crippen molar-refractivity contribution in [3.63, 3.8) is 0 Å². The van der Waals surface area contributed by atoms with E-state index in [1.54, 1.807) is 23.2 Å². The van der Waals surface area contributed by atoms with Crippen molar-refractivity contribution in [2.24, 2.45) is 11.3 Å². The number of fused-ring (bicyclic) bond motifs is 1. The van der Waals surface area contributed by atoms with Crippen molar-refractivity contribution in [2.75, 3.05) is 18.4 Å². The number of alkyl halides is 3. The highest BCUT2D eigenvalue weighted by molar-refractivity contribution is 6.31. The lowest BCUT2D eigenvalue weighted by atomic mass is 9.68. The van der Waals surface area contributed by atoms with Crippen LogP contribution in [-0.4, -0.2) is 39.3 Å². The number of halogens is 4. The van der Waals surface area contributed by atoms with Gasteiger partial charge in [-0.2, -0.15) is 18.3 Å². The molecule has 0 spiro atoms. The third kappa shape index (κ3) is 4.86. The van der Waals surface area contributed by atoms with Crippen molar-refractivity contribution < 1.29 is 23.1 Å². The van der Waals surface area contributed by atoms with E-state index in [2.05, 4.69) is 15.5 Å². The number of hydrogen-bond donors (Lipinski definition) is 3. The Bertz CT molecular complexity index is 1190. The number of aliphatic hydroxyl groups is 1. The maximum Gasteiger partial charge on any atom is 0.416 e. The summed E-state index contributed by atoms with van der Waals surface area (Å²) in [6, 6.07) is 7.67. The van der Waals surface area contributed by atoms with Crippen LogP contribution in [0.4, 0.5) is 23.7 Å². The number of aromatic amines is 1. The van der Waals surface area contributed by atoms with Crippen LogP contribution in [0.1, 0.15) is 43.9 Å². The van der Waals surface area contributed by atoms with Gasteiger partial charge in [-0.05, 0) is 54.5 Å². The number of carbonyl (C=O) groups excluding carboxylic acids is 1. The molecule has 34 heavy (non-hydrogen) atoms. The average molecular weight is 495 g/mol. The number of piperidine rings is 1. The maximum atomic E-state index is 12.9. The number of nitrogens with zero attached hydrogens (tertiary/aromatic N) is 2. The van der Waals surface area contributed by atoms with Gasteiger partial charge in [0, 0.05) is 34.7 Å². The van der Waals surface area contributed by atoms with Crippen LogP contribution in [0, 0.1) is 11.3 Å². The minimum absolute atomic E-state index is 0.0993. The van der Waals surface area contributed by atoms with E-state index in [0.717, 1.165) is 23.0 Å². The lowest BCUT2D eigenvalue weighted by molar-refractivity contribution is -0.137. The van der Waals surface area contributed by atoms with Crippen molar-refractivity contribution >= 4 is 34.2 Å². The zero-order valence-corrected chi connectivity index (χ0v) is 19.5. The summed E-state index contributed by atoms with van der Waals surface area (Å²) in [7, 11) is 0. The molecule has 1 saturated heterocycles. The van der Waals surface area contributed by atoms with Gasteiger partial charge in [0.05, 0.1) is 23.4 Å². The number of aromatic nitrogens is 2. The SMILES string of the molecule is CC(C)(C1CCN(C(=O)Nc2cccc(C(F)(F)F)c2)CC1)C(O)c1cc(Cl)cc2cn[nH]c12. The Kier molecular flexibility index (Phi) is 6.52. The summed E-state index contributed by atoms with van der Waals surface area (Å²) in [6.07, 6.45) is -2.34. The van der Waals surface area contributed by atoms with Gasteiger partial charge in [-0.15, -0.1) is 0 Å². The maximum absolute atomic E-state index is 12.9. The van der Waals surface area contributed by atoms with Crippen LogP contribution in [0.15, 0.2) is 42.6 Å². The Balaban J connectivity index is 1.41. The van der Waals surface area contributed by atoms with E-state index < -0.39 is 29.3 Å². The summed E-state index contributed by atoms with van der Waals surface area (Å²) in [4.78, 5) is 14.2. The Hall–Kier alpha value is -2.78. The molecule has 3 aromatic rings. The summed E-state index contributed by atoms with van der Waals surface area (Å²) < 4.78 is 38.8. The van der Waals surface area contributed by atoms with Gasteiger partial charge in [0.15, 0.2) is 0 Å². The highest BCUT2D eigenvalue weighted by Crippen LogP contribution is 2.46. The lowest BCUT2D eigenvalue weighted by Gasteiger charge is -2.43. The number of amides is 2. The molecule has 0 bridgehead atoms. The molecule has 1 aromatic heterocycles. The normalized spacial score (nSPS) is 16.6. The van der Waals surface area contributed by atoms with Crippen LogP contribution in [0.5, 0.6) is 0 Å². The first kappa shape index (κ1) is 24.3. The van der Waals surface area contributed by atoms with Crippen molar-refractivity contribution in [1.82, 2.24) is 15.1 Å². The molecule has 3 N–H and O–H groups in total. The summed E-state index contributed by atoms with van der Waals surface area (Å²) in [6.45, 7) is 4.84. The van der Waals surface area contributed by atoms with Gasteiger partial charge < -0.3 is 15.3 Å². The topological polar surface area (TPSA) is 81.2 Å². The highest BCUT2D eigenvalue weighted by atomic mass is 35.5. The molecule has 10 heteroatoms. The predicted octanol–water partition coefficient (Wildman–Crippen LogP) is 6.24. The van der Waals surface area contributed by atoms with Crippen molar-refractivity contribution in [3.05, 3.63) is 58.7 Å². The second-order valence-electron chi connectivity index (χ2n) is 9.32. The van der Waals surface area contributed by atoms with Crippen LogP contribution in [-0.2, 0) is 6.18 Å². The molecule has 6 nitrogen and oxygen atoms in total. The van der Waals surface area contributed by atoms with Gasteiger partial charge in [-0.25, -0.2) is 4.79 Å². The van der Waals surface area contributed by atoms with E-state index in [0.29, 0.717) is 36.5 Å². The number of H-pyrrole nitrogens is 1. The van der Waals surface area contributed by atoms with E-state index in [-0.39, 0.29) is 11.6 Å². The van der Waals surface area contributed by atoms with E-state index in [9.17, 15) is 23.1 Å². The quantitative estimate of drug-likeness (QED) is 0.401. The largest absolute Gasteiger partial charge is 0.416 e. The number of carbonyl (C=O) groups is 1. The second-order valence-corrected chi connectivity index (χ2v) is 9.76. The van der Waals surface area contributed by atoms with Crippen LogP contribution in [0.25, 0.3) is 10.9 Å². The molecule has 0 radical (unpaired) electrons. The summed E-state index contributed by atoms with van der Waals surface area (Å²) in [5.41, 5.74) is 0.179. The van der Waals surface area contributed by atoms with Gasteiger partial charge in [0.1, 0.15) is 0 Å². The number of hydrogen-bond acceptors (Lipinski definition) is 3. The molecule has 1 atom stereocenters.